The van der Waals surface area contributed by atoms with Gasteiger partial charge in [0.05, 0.1) is 25.5 Å². The highest BCUT2D eigenvalue weighted by molar-refractivity contribution is 6.45. The topological polar surface area (TPSA) is 62.3 Å². The summed E-state index contributed by atoms with van der Waals surface area (Å²) in [6, 6.07) is 13.0. The molecule has 2 aromatic rings. The minimum Gasteiger partial charge on any atom is -0.493 e. The number of nitrogens with zero attached hydrogens (tertiary/aromatic N) is 3. The van der Waals surface area contributed by atoms with Gasteiger partial charge in [0.25, 0.3) is 11.8 Å². The fraction of sp³-hybridized carbons (Fsp3) is 0.385. The maximum Gasteiger partial charge on any atom is 0.282 e. The van der Waals surface area contributed by atoms with Crippen molar-refractivity contribution in [1.82, 2.24) is 9.80 Å². The predicted molar refractivity (Wildman–Crippen MR) is 128 cm³/mol. The van der Waals surface area contributed by atoms with Gasteiger partial charge in [0.15, 0.2) is 11.5 Å². The average molecular weight is 450 g/mol. The third kappa shape index (κ3) is 4.20. The van der Waals surface area contributed by atoms with E-state index in [9.17, 15) is 9.59 Å². The van der Waals surface area contributed by atoms with Crippen molar-refractivity contribution in [2.75, 3.05) is 46.3 Å². The molecule has 2 aliphatic heterocycles. The van der Waals surface area contributed by atoms with E-state index in [1.165, 1.54) is 12.0 Å². The van der Waals surface area contributed by atoms with Crippen LogP contribution in [0, 0.1) is 6.92 Å². The molecule has 2 amide bonds. The van der Waals surface area contributed by atoms with Gasteiger partial charge in [0.2, 0.25) is 0 Å². The highest BCUT2D eigenvalue weighted by atomic mass is 16.5. The zero-order chi connectivity index (χ0) is 23.7. The Kier molecular flexibility index (Phi) is 6.42. The molecular formula is C26H31N3O4. The second kappa shape index (κ2) is 9.27. The highest BCUT2D eigenvalue weighted by Crippen LogP contribution is 2.39. The van der Waals surface area contributed by atoms with E-state index in [0.717, 1.165) is 37.1 Å². The first-order valence-electron chi connectivity index (χ1n) is 11.2. The van der Waals surface area contributed by atoms with Gasteiger partial charge in [0, 0.05) is 19.2 Å². The molecule has 1 saturated heterocycles. The molecule has 2 heterocycles. The third-order valence-corrected chi connectivity index (χ3v) is 6.61. The Hall–Kier alpha value is -3.32. The van der Waals surface area contributed by atoms with Crippen molar-refractivity contribution in [3.63, 3.8) is 0 Å². The normalized spacial score (nSPS) is 17.7. The molecule has 0 bridgehead atoms. The maximum absolute atomic E-state index is 13.8. The van der Waals surface area contributed by atoms with Gasteiger partial charge in [-0.3, -0.25) is 9.59 Å². The van der Waals surface area contributed by atoms with Gasteiger partial charge in [-0.2, -0.15) is 0 Å². The van der Waals surface area contributed by atoms with Crippen molar-refractivity contribution in [1.29, 1.82) is 0 Å². The first-order chi connectivity index (χ1) is 15.8. The molecule has 0 aromatic heterocycles. The number of methoxy groups -OCH3 is 2. The number of hydrogen-bond donors (Lipinski definition) is 0. The summed E-state index contributed by atoms with van der Waals surface area (Å²) >= 11 is 0. The van der Waals surface area contributed by atoms with Crippen LogP contribution in [-0.4, -0.2) is 69.1 Å². The van der Waals surface area contributed by atoms with Crippen molar-refractivity contribution in [3.05, 3.63) is 59.3 Å². The largest absolute Gasteiger partial charge is 0.493 e. The van der Waals surface area contributed by atoms with Crippen LogP contribution in [0.2, 0.25) is 0 Å². The molecule has 174 valence electrons. The zero-order valence-corrected chi connectivity index (χ0v) is 19.9. The molecule has 0 N–H and O–H groups in total. The van der Waals surface area contributed by atoms with E-state index in [1.54, 1.807) is 25.3 Å². The Morgan fingerprint density at radius 3 is 2.15 bits per heavy atom. The van der Waals surface area contributed by atoms with E-state index >= 15 is 0 Å². The molecule has 0 spiro atoms. The summed E-state index contributed by atoms with van der Waals surface area (Å²) in [5, 5.41) is 0. The molecule has 0 saturated carbocycles. The number of piperidine rings is 1. The van der Waals surface area contributed by atoms with E-state index in [0.29, 0.717) is 28.5 Å². The standard InChI is InChI=1S/C26H31N3O4/c1-17-6-8-18(9-7-17)23-24(28(3)19-12-14-27(2)15-13-19)26(31)29(25(23)30)20-10-11-21(32-4)22(16-20)33-5/h6-11,16,19H,12-15H2,1-5H3. The van der Waals surface area contributed by atoms with Crippen LogP contribution in [0.3, 0.4) is 0 Å². The third-order valence-electron chi connectivity index (χ3n) is 6.61. The number of ether oxygens (including phenoxy) is 2. The minimum atomic E-state index is -0.328. The summed E-state index contributed by atoms with van der Waals surface area (Å²) in [5.41, 5.74) is 3.19. The van der Waals surface area contributed by atoms with Crippen molar-refractivity contribution >= 4 is 23.1 Å². The number of aryl methyl sites for hydroxylation is 1. The number of anilines is 1. The molecule has 0 atom stereocenters. The number of amides is 2. The van der Waals surface area contributed by atoms with Crippen molar-refractivity contribution in [3.8, 4) is 11.5 Å². The predicted octanol–water partition coefficient (Wildman–Crippen LogP) is 3.32. The summed E-state index contributed by atoms with van der Waals surface area (Å²) in [6.45, 7) is 3.93. The summed E-state index contributed by atoms with van der Waals surface area (Å²) in [7, 11) is 7.12. The number of rotatable bonds is 6. The van der Waals surface area contributed by atoms with E-state index < -0.39 is 0 Å². The Labute approximate surface area is 195 Å². The number of imide groups is 1. The quantitative estimate of drug-likeness (QED) is 0.631. The molecule has 7 heteroatoms. The molecule has 7 nitrogen and oxygen atoms in total. The maximum atomic E-state index is 13.8. The molecule has 2 aromatic carbocycles. The fourth-order valence-corrected chi connectivity index (χ4v) is 4.59. The van der Waals surface area contributed by atoms with Crippen LogP contribution >= 0.6 is 0 Å². The van der Waals surface area contributed by atoms with Gasteiger partial charge in [-0.15, -0.1) is 0 Å². The summed E-state index contributed by atoms with van der Waals surface area (Å²) in [5.74, 6) is 0.357. The minimum absolute atomic E-state index is 0.193. The molecule has 0 unspecified atom stereocenters. The second-order valence-electron chi connectivity index (χ2n) is 8.72. The van der Waals surface area contributed by atoms with Crippen LogP contribution in [0.4, 0.5) is 5.69 Å². The second-order valence-corrected chi connectivity index (χ2v) is 8.72. The van der Waals surface area contributed by atoms with Crippen LogP contribution in [0.15, 0.2) is 48.2 Å². The Bertz CT molecular complexity index is 1090. The van der Waals surface area contributed by atoms with E-state index in [-0.39, 0.29) is 17.9 Å². The van der Waals surface area contributed by atoms with E-state index in [4.69, 9.17) is 9.47 Å². The number of benzene rings is 2. The summed E-state index contributed by atoms with van der Waals surface area (Å²) in [6.07, 6.45) is 1.88. The zero-order valence-electron chi connectivity index (χ0n) is 19.9. The van der Waals surface area contributed by atoms with Crippen LogP contribution in [0.25, 0.3) is 5.57 Å². The molecule has 1 fully saturated rings. The average Bonchev–Trinajstić information content (AvgIpc) is 3.09. The molecular weight excluding hydrogens is 418 g/mol. The Morgan fingerprint density at radius 1 is 0.909 bits per heavy atom. The molecule has 0 radical (unpaired) electrons. The molecule has 0 aliphatic carbocycles. The fourth-order valence-electron chi connectivity index (χ4n) is 4.59. The SMILES string of the molecule is COc1ccc(N2C(=O)C(c3ccc(C)cc3)=C(N(C)C3CCN(C)CC3)C2=O)cc1OC. The Morgan fingerprint density at radius 2 is 1.55 bits per heavy atom. The molecule has 2 aliphatic rings. The van der Waals surface area contributed by atoms with Crippen LogP contribution in [0.1, 0.15) is 24.0 Å². The van der Waals surface area contributed by atoms with Crippen molar-refractivity contribution in [2.45, 2.75) is 25.8 Å². The first kappa shape index (κ1) is 22.9. The number of likely N-dealkylation sites (N-methyl/N-ethyl adjacent to an activating group) is 1. The van der Waals surface area contributed by atoms with E-state index in [1.807, 2.05) is 43.1 Å². The lowest BCUT2D eigenvalue weighted by Gasteiger charge is -2.36. The highest BCUT2D eigenvalue weighted by Gasteiger charge is 2.43. The van der Waals surface area contributed by atoms with Crippen molar-refractivity contribution < 1.29 is 19.1 Å². The van der Waals surface area contributed by atoms with Gasteiger partial charge < -0.3 is 19.3 Å². The van der Waals surface area contributed by atoms with Gasteiger partial charge >= 0.3 is 0 Å². The lowest BCUT2D eigenvalue weighted by molar-refractivity contribution is -0.120. The summed E-state index contributed by atoms with van der Waals surface area (Å²) in [4.78, 5) is 33.1. The first-order valence-corrected chi connectivity index (χ1v) is 11.2. The monoisotopic (exact) mass is 449 g/mol. The number of carbonyl (C=O) groups is 2. The number of likely N-dealkylation sites (tertiary alicyclic amines) is 1. The molecule has 4 rings (SSSR count). The van der Waals surface area contributed by atoms with Gasteiger partial charge in [0.1, 0.15) is 5.70 Å². The summed E-state index contributed by atoms with van der Waals surface area (Å²) < 4.78 is 10.7. The van der Waals surface area contributed by atoms with Crippen LogP contribution in [0.5, 0.6) is 11.5 Å². The van der Waals surface area contributed by atoms with Gasteiger partial charge in [-0.1, -0.05) is 29.8 Å². The smallest absolute Gasteiger partial charge is 0.282 e. The van der Waals surface area contributed by atoms with Crippen molar-refractivity contribution in [2.24, 2.45) is 0 Å². The van der Waals surface area contributed by atoms with E-state index in [2.05, 4.69) is 11.9 Å². The number of carbonyl (C=O) groups excluding carboxylic acids is 2. The Balaban J connectivity index is 1.78. The van der Waals surface area contributed by atoms with Crippen LogP contribution < -0.4 is 14.4 Å². The number of hydrogen-bond acceptors (Lipinski definition) is 6. The molecule has 33 heavy (non-hydrogen) atoms. The lowest BCUT2D eigenvalue weighted by Crippen LogP contribution is -2.43. The van der Waals surface area contributed by atoms with Gasteiger partial charge in [-0.25, -0.2) is 4.90 Å². The van der Waals surface area contributed by atoms with Crippen LogP contribution in [-0.2, 0) is 9.59 Å². The lowest BCUT2D eigenvalue weighted by atomic mass is 9.99. The van der Waals surface area contributed by atoms with Gasteiger partial charge in [-0.05, 0) is 57.6 Å².